The van der Waals surface area contributed by atoms with E-state index in [1.54, 1.807) is 0 Å². The Morgan fingerprint density at radius 3 is 2.08 bits per heavy atom. The average Bonchev–Trinajstić information content (AvgIpc) is 2.66. The predicted molar refractivity (Wildman–Crippen MR) is 50.0 cm³/mol. The van der Waals surface area contributed by atoms with Crippen LogP contribution in [0.2, 0.25) is 0 Å². The summed E-state index contributed by atoms with van der Waals surface area (Å²) < 4.78 is 0. The Bertz CT molecular complexity index is 170. The van der Waals surface area contributed by atoms with Crippen LogP contribution in [-0.4, -0.2) is 12.1 Å². The van der Waals surface area contributed by atoms with Crippen molar-refractivity contribution in [3.05, 3.63) is 0 Å². The molecule has 12 heavy (non-hydrogen) atoms. The molecular formula is C11H19N. The van der Waals surface area contributed by atoms with E-state index in [1.165, 1.54) is 44.9 Å². The first-order valence-electron chi connectivity index (χ1n) is 5.69. The van der Waals surface area contributed by atoms with Gasteiger partial charge in [0.2, 0.25) is 0 Å². The minimum atomic E-state index is 0.913. The molecule has 0 aromatic heterocycles. The van der Waals surface area contributed by atoms with E-state index in [2.05, 4.69) is 5.32 Å². The minimum Gasteiger partial charge on any atom is -0.311 e. The van der Waals surface area contributed by atoms with Crippen LogP contribution >= 0.6 is 0 Å². The predicted octanol–water partition coefficient (Wildman–Crippen LogP) is 2.32. The van der Waals surface area contributed by atoms with Crippen LogP contribution in [0.25, 0.3) is 0 Å². The van der Waals surface area contributed by atoms with Crippen molar-refractivity contribution >= 4 is 0 Å². The molecule has 1 heteroatoms. The molecule has 3 aliphatic rings. The maximum Gasteiger partial charge on any atom is 0.0101 e. The van der Waals surface area contributed by atoms with E-state index < -0.39 is 0 Å². The molecule has 0 bridgehead atoms. The zero-order valence-corrected chi connectivity index (χ0v) is 7.76. The summed E-state index contributed by atoms with van der Waals surface area (Å²) in [5.41, 5.74) is 0. The average molecular weight is 165 g/mol. The Hall–Kier alpha value is -0.0400. The van der Waals surface area contributed by atoms with Crippen LogP contribution in [-0.2, 0) is 0 Å². The Kier molecular flexibility index (Phi) is 1.68. The van der Waals surface area contributed by atoms with Crippen LogP contribution in [0, 0.1) is 11.8 Å². The molecule has 3 aliphatic carbocycles. The summed E-state index contributed by atoms with van der Waals surface area (Å²) in [7, 11) is 0. The number of nitrogens with one attached hydrogen (secondary N) is 1. The highest BCUT2D eigenvalue weighted by Crippen LogP contribution is 2.47. The molecule has 0 amide bonds. The molecule has 1 N–H and O–H groups in total. The SMILES string of the molecule is C1CC(NC2CCC2C2CC2)C1. The zero-order chi connectivity index (χ0) is 7.97. The quantitative estimate of drug-likeness (QED) is 0.676. The summed E-state index contributed by atoms with van der Waals surface area (Å²) in [4.78, 5) is 0. The third kappa shape index (κ3) is 1.19. The van der Waals surface area contributed by atoms with Crippen molar-refractivity contribution < 1.29 is 0 Å². The Balaban J connectivity index is 1.48. The lowest BCUT2D eigenvalue weighted by Gasteiger charge is -2.42. The molecule has 68 valence electrons. The lowest BCUT2D eigenvalue weighted by Crippen LogP contribution is -2.51. The molecule has 0 aromatic rings. The first kappa shape index (κ1) is 7.37. The summed E-state index contributed by atoms with van der Waals surface area (Å²) in [6.45, 7) is 0. The second-order valence-corrected chi connectivity index (χ2v) is 4.98. The molecular weight excluding hydrogens is 146 g/mol. The van der Waals surface area contributed by atoms with Crippen molar-refractivity contribution in [2.24, 2.45) is 11.8 Å². The van der Waals surface area contributed by atoms with Gasteiger partial charge in [0, 0.05) is 12.1 Å². The van der Waals surface area contributed by atoms with E-state index in [1.807, 2.05) is 0 Å². The molecule has 1 nitrogen and oxygen atoms in total. The molecule has 0 saturated heterocycles. The standard InChI is InChI=1S/C11H19N/c1-2-9(3-1)12-11-7-6-10(11)8-4-5-8/h8-12H,1-7H2. The van der Waals surface area contributed by atoms with Crippen molar-refractivity contribution in [2.45, 2.75) is 57.0 Å². The maximum absolute atomic E-state index is 3.82. The van der Waals surface area contributed by atoms with E-state index in [9.17, 15) is 0 Å². The van der Waals surface area contributed by atoms with E-state index in [0.29, 0.717) is 0 Å². The topological polar surface area (TPSA) is 12.0 Å². The second-order valence-electron chi connectivity index (χ2n) is 4.98. The lowest BCUT2D eigenvalue weighted by atomic mass is 9.75. The van der Waals surface area contributed by atoms with E-state index in [4.69, 9.17) is 0 Å². The number of rotatable bonds is 3. The third-order valence-corrected chi connectivity index (χ3v) is 4.11. The molecule has 3 saturated carbocycles. The van der Waals surface area contributed by atoms with Gasteiger partial charge >= 0.3 is 0 Å². The molecule has 0 aliphatic heterocycles. The Morgan fingerprint density at radius 2 is 1.67 bits per heavy atom. The molecule has 0 radical (unpaired) electrons. The molecule has 0 aromatic carbocycles. The highest BCUT2D eigenvalue weighted by Gasteiger charge is 2.42. The zero-order valence-electron chi connectivity index (χ0n) is 7.76. The summed E-state index contributed by atoms with van der Waals surface area (Å²) in [5.74, 6) is 2.22. The summed E-state index contributed by atoms with van der Waals surface area (Å²) in [6, 6.07) is 1.85. The van der Waals surface area contributed by atoms with E-state index >= 15 is 0 Å². The lowest BCUT2D eigenvalue weighted by molar-refractivity contribution is 0.146. The van der Waals surface area contributed by atoms with Crippen molar-refractivity contribution in [2.75, 3.05) is 0 Å². The van der Waals surface area contributed by atoms with Gasteiger partial charge in [-0.1, -0.05) is 6.42 Å². The molecule has 0 heterocycles. The normalized spacial score (nSPS) is 42.0. The fraction of sp³-hybridized carbons (Fsp3) is 1.00. The molecule has 3 rings (SSSR count). The van der Waals surface area contributed by atoms with Gasteiger partial charge < -0.3 is 5.32 Å². The first-order chi connectivity index (χ1) is 5.93. The van der Waals surface area contributed by atoms with Crippen LogP contribution in [0.5, 0.6) is 0 Å². The van der Waals surface area contributed by atoms with Gasteiger partial charge in [-0.15, -0.1) is 0 Å². The van der Waals surface area contributed by atoms with Gasteiger partial charge in [-0.25, -0.2) is 0 Å². The second kappa shape index (κ2) is 2.73. The summed E-state index contributed by atoms with van der Waals surface area (Å²) >= 11 is 0. The monoisotopic (exact) mass is 165 g/mol. The highest BCUT2D eigenvalue weighted by molar-refractivity contribution is 4.97. The fourth-order valence-electron chi connectivity index (χ4n) is 2.70. The number of hydrogen-bond donors (Lipinski definition) is 1. The third-order valence-electron chi connectivity index (χ3n) is 4.11. The van der Waals surface area contributed by atoms with E-state index in [0.717, 1.165) is 23.9 Å². The van der Waals surface area contributed by atoms with Crippen molar-refractivity contribution in [3.63, 3.8) is 0 Å². The summed E-state index contributed by atoms with van der Waals surface area (Å²) in [5, 5.41) is 3.82. The first-order valence-corrected chi connectivity index (χ1v) is 5.69. The summed E-state index contributed by atoms with van der Waals surface area (Å²) in [6.07, 6.45) is 10.4. The van der Waals surface area contributed by atoms with E-state index in [-0.39, 0.29) is 0 Å². The van der Waals surface area contributed by atoms with Crippen LogP contribution in [0.1, 0.15) is 44.9 Å². The largest absolute Gasteiger partial charge is 0.311 e. The molecule has 2 unspecified atom stereocenters. The maximum atomic E-state index is 3.82. The van der Waals surface area contributed by atoms with Crippen molar-refractivity contribution in [3.8, 4) is 0 Å². The van der Waals surface area contributed by atoms with Gasteiger partial charge in [0.1, 0.15) is 0 Å². The van der Waals surface area contributed by atoms with Crippen LogP contribution in [0.4, 0.5) is 0 Å². The Labute approximate surface area is 74.9 Å². The van der Waals surface area contributed by atoms with Crippen molar-refractivity contribution in [1.29, 1.82) is 0 Å². The molecule has 0 spiro atoms. The van der Waals surface area contributed by atoms with Crippen LogP contribution in [0.15, 0.2) is 0 Å². The van der Waals surface area contributed by atoms with Crippen molar-refractivity contribution in [1.82, 2.24) is 5.32 Å². The van der Waals surface area contributed by atoms with Gasteiger partial charge in [0.15, 0.2) is 0 Å². The fourth-order valence-corrected chi connectivity index (χ4v) is 2.70. The van der Waals surface area contributed by atoms with Gasteiger partial charge in [-0.2, -0.15) is 0 Å². The van der Waals surface area contributed by atoms with Gasteiger partial charge in [0.25, 0.3) is 0 Å². The van der Waals surface area contributed by atoms with Gasteiger partial charge in [-0.3, -0.25) is 0 Å². The highest BCUT2D eigenvalue weighted by atomic mass is 15.0. The van der Waals surface area contributed by atoms with Gasteiger partial charge in [0.05, 0.1) is 0 Å². The number of hydrogen-bond acceptors (Lipinski definition) is 1. The van der Waals surface area contributed by atoms with Crippen LogP contribution in [0.3, 0.4) is 0 Å². The van der Waals surface area contributed by atoms with Crippen LogP contribution < -0.4 is 5.32 Å². The molecule has 3 fully saturated rings. The smallest absolute Gasteiger partial charge is 0.0101 e. The Morgan fingerprint density at radius 1 is 0.833 bits per heavy atom. The van der Waals surface area contributed by atoms with Gasteiger partial charge in [-0.05, 0) is 50.4 Å². The minimum absolute atomic E-state index is 0.913. The molecule has 2 atom stereocenters.